The number of fused-ring (bicyclic) bond motifs is 1. The number of nitrogens with zero attached hydrogens (tertiary/aromatic N) is 2. The van der Waals surface area contributed by atoms with Gasteiger partial charge in [-0.25, -0.2) is 4.98 Å². The molecule has 0 radical (unpaired) electrons. The number of pyridine rings is 2. The molecule has 0 atom stereocenters. The van der Waals surface area contributed by atoms with E-state index < -0.39 is 0 Å². The number of hydrogen-bond donors (Lipinski definition) is 0. The van der Waals surface area contributed by atoms with E-state index in [0.717, 1.165) is 19.1 Å². The van der Waals surface area contributed by atoms with Gasteiger partial charge in [0.25, 0.3) is 0 Å². The van der Waals surface area contributed by atoms with Gasteiger partial charge < -0.3 is 0 Å². The highest BCUT2D eigenvalue weighted by Crippen LogP contribution is 2.23. The standard InChI is InChI=1S/C8H4BrIN2/c9-6-4-12-8(10)7-5(6)2-1-3-11-7/h1-4H. The van der Waals surface area contributed by atoms with E-state index in [4.69, 9.17) is 0 Å². The highest BCUT2D eigenvalue weighted by atomic mass is 127. The van der Waals surface area contributed by atoms with Crippen molar-refractivity contribution in [2.24, 2.45) is 0 Å². The molecule has 2 rings (SSSR count). The van der Waals surface area contributed by atoms with Crippen LogP contribution in [0.25, 0.3) is 10.9 Å². The zero-order valence-electron chi connectivity index (χ0n) is 5.96. The molecule has 0 aliphatic carbocycles. The van der Waals surface area contributed by atoms with Crippen LogP contribution in [0, 0.1) is 3.70 Å². The van der Waals surface area contributed by atoms with Gasteiger partial charge in [-0.3, -0.25) is 4.98 Å². The first-order valence-electron chi connectivity index (χ1n) is 3.34. The summed E-state index contributed by atoms with van der Waals surface area (Å²) in [6, 6.07) is 3.94. The molecule has 4 heteroatoms. The van der Waals surface area contributed by atoms with Gasteiger partial charge in [0, 0.05) is 22.3 Å². The van der Waals surface area contributed by atoms with Gasteiger partial charge in [-0.2, -0.15) is 0 Å². The Balaban J connectivity index is 2.95. The Bertz CT molecular complexity index is 390. The SMILES string of the molecule is Brc1cnc(I)c2ncccc12. The zero-order chi connectivity index (χ0) is 8.55. The van der Waals surface area contributed by atoms with E-state index in [0.29, 0.717) is 0 Å². The fourth-order valence-corrected chi connectivity index (χ4v) is 2.00. The Kier molecular flexibility index (Phi) is 2.27. The van der Waals surface area contributed by atoms with E-state index in [-0.39, 0.29) is 0 Å². The molecule has 0 saturated carbocycles. The number of hydrogen-bond acceptors (Lipinski definition) is 2. The molecular formula is C8H4BrIN2. The van der Waals surface area contributed by atoms with E-state index in [9.17, 15) is 0 Å². The lowest BCUT2D eigenvalue weighted by atomic mass is 10.3. The molecule has 0 unspecified atom stereocenters. The highest BCUT2D eigenvalue weighted by Gasteiger charge is 2.02. The second-order valence-corrected chi connectivity index (χ2v) is 4.17. The summed E-state index contributed by atoms with van der Waals surface area (Å²) >= 11 is 5.61. The molecule has 0 fully saturated rings. The van der Waals surface area contributed by atoms with Crippen molar-refractivity contribution < 1.29 is 0 Å². The molecule has 0 spiro atoms. The van der Waals surface area contributed by atoms with Gasteiger partial charge in [-0.05, 0) is 50.7 Å². The maximum Gasteiger partial charge on any atom is 0.127 e. The normalized spacial score (nSPS) is 10.5. The van der Waals surface area contributed by atoms with E-state index in [1.807, 2.05) is 12.1 Å². The van der Waals surface area contributed by atoms with Crippen LogP contribution in [0.4, 0.5) is 0 Å². The molecule has 60 valence electrons. The molecule has 0 amide bonds. The minimum Gasteiger partial charge on any atom is -0.253 e. The molecule has 0 aromatic carbocycles. The summed E-state index contributed by atoms with van der Waals surface area (Å²) in [5, 5.41) is 1.11. The van der Waals surface area contributed by atoms with Crippen molar-refractivity contribution in [2.45, 2.75) is 0 Å². The first kappa shape index (κ1) is 8.37. The van der Waals surface area contributed by atoms with E-state index in [2.05, 4.69) is 48.5 Å². The maximum atomic E-state index is 4.24. The monoisotopic (exact) mass is 334 g/mol. The molecule has 2 heterocycles. The summed E-state index contributed by atoms with van der Waals surface area (Å²) in [5.41, 5.74) is 0.951. The quantitative estimate of drug-likeness (QED) is 0.547. The van der Waals surface area contributed by atoms with Gasteiger partial charge in [-0.15, -0.1) is 0 Å². The Morgan fingerprint density at radius 1 is 1.33 bits per heavy atom. The van der Waals surface area contributed by atoms with Crippen molar-refractivity contribution >= 4 is 49.4 Å². The number of halogens is 2. The first-order chi connectivity index (χ1) is 5.79. The van der Waals surface area contributed by atoms with Gasteiger partial charge >= 0.3 is 0 Å². The van der Waals surface area contributed by atoms with Gasteiger partial charge in [-0.1, -0.05) is 0 Å². The zero-order valence-corrected chi connectivity index (χ0v) is 9.70. The van der Waals surface area contributed by atoms with Crippen LogP contribution in [-0.4, -0.2) is 9.97 Å². The lowest BCUT2D eigenvalue weighted by Gasteiger charge is -1.99. The molecule has 2 aromatic heterocycles. The van der Waals surface area contributed by atoms with Crippen LogP contribution in [0.5, 0.6) is 0 Å². The van der Waals surface area contributed by atoms with E-state index >= 15 is 0 Å². The first-order valence-corrected chi connectivity index (χ1v) is 5.21. The Morgan fingerprint density at radius 2 is 2.17 bits per heavy atom. The molecule has 0 bridgehead atoms. The predicted octanol–water partition coefficient (Wildman–Crippen LogP) is 3.00. The average molecular weight is 335 g/mol. The van der Waals surface area contributed by atoms with Crippen molar-refractivity contribution in [2.75, 3.05) is 0 Å². The topological polar surface area (TPSA) is 25.8 Å². The van der Waals surface area contributed by atoms with E-state index in [1.54, 1.807) is 12.4 Å². The molecule has 2 aromatic rings. The smallest absolute Gasteiger partial charge is 0.127 e. The Morgan fingerprint density at radius 3 is 2.92 bits per heavy atom. The van der Waals surface area contributed by atoms with Crippen molar-refractivity contribution in [3.63, 3.8) is 0 Å². The molecule has 0 aliphatic heterocycles. The van der Waals surface area contributed by atoms with Crippen molar-refractivity contribution in [1.29, 1.82) is 0 Å². The summed E-state index contributed by atoms with van der Waals surface area (Å²) in [5.74, 6) is 0. The van der Waals surface area contributed by atoms with Crippen molar-refractivity contribution in [1.82, 2.24) is 9.97 Å². The number of aromatic nitrogens is 2. The maximum absolute atomic E-state index is 4.24. The summed E-state index contributed by atoms with van der Waals surface area (Å²) in [7, 11) is 0. The second-order valence-electron chi connectivity index (χ2n) is 2.30. The third kappa shape index (κ3) is 1.33. The van der Waals surface area contributed by atoms with Crippen LogP contribution in [0.1, 0.15) is 0 Å². The van der Waals surface area contributed by atoms with Gasteiger partial charge in [0.2, 0.25) is 0 Å². The van der Waals surface area contributed by atoms with Gasteiger partial charge in [0.05, 0.1) is 0 Å². The largest absolute Gasteiger partial charge is 0.253 e. The van der Waals surface area contributed by atoms with Crippen LogP contribution < -0.4 is 0 Å². The number of rotatable bonds is 0. The Hall–Kier alpha value is -0.230. The summed E-state index contributed by atoms with van der Waals surface area (Å²) in [6.07, 6.45) is 3.57. The average Bonchev–Trinajstić information content (AvgIpc) is 2.12. The summed E-state index contributed by atoms with van der Waals surface area (Å²) in [4.78, 5) is 8.43. The van der Waals surface area contributed by atoms with Crippen molar-refractivity contribution in [3.05, 3.63) is 32.7 Å². The third-order valence-electron chi connectivity index (χ3n) is 1.55. The van der Waals surface area contributed by atoms with Crippen LogP contribution in [-0.2, 0) is 0 Å². The minimum atomic E-state index is 0.936. The molecule has 12 heavy (non-hydrogen) atoms. The fraction of sp³-hybridized carbons (Fsp3) is 0. The fourth-order valence-electron chi connectivity index (χ4n) is 1.01. The highest BCUT2D eigenvalue weighted by molar-refractivity contribution is 14.1. The van der Waals surface area contributed by atoms with Gasteiger partial charge in [0.1, 0.15) is 9.22 Å². The summed E-state index contributed by atoms with van der Waals surface area (Å²) < 4.78 is 1.93. The van der Waals surface area contributed by atoms with Crippen LogP contribution in [0.15, 0.2) is 29.0 Å². The van der Waals surface area contributed by atoms with Crippen LogP contribution >= 0.6 is 38.5 Å². The molecule has 0 saturated heterocycles. The van der Waals surface area contributed by atoms with Crippen molar-refractivity contribution in [3.8, 4) is 0 Å². The summed E-state index contributed by atoms with van der Waals surface area (Å²) in [6.45, 7) is 0. The molecule has 2 nitrogen and oxygen atoms in total. The van der Waals surface area contributed by atoms with Gasteiger partial charge in [0.15, 0.2) is 0 Å². The molecule has 0 N–H and O–H groups in total. The predicted molar refractivity (Wildman–Crippen MR) is 60.0 cm³/mol. The van der Waals surface area contributed by atoms with Crippen LogP contribution in [0.2, 0.25) is 0 Å². The van der Waals surface area contributed by atoms with Crippen LogP contribution in [0.3, 0.4) is 0 Å². The molecule has 0 aliphatic rings. The lowest BCUT2D eigenvalue weighted by molar-refractivity contribution is 1.25. The van der Waals surface area contributed by atoms with E-state index in [1.165, 1.54) is 0 Å². The minimum absolute atomic E-state index is 0.936. The lowest BCUT2D eigenvalue weighted by Crippen LogP contribution is -1.86. The Labute approximate surface area is 91.7 Å². The molecular weight excluding hydrogens is 331 g/mol. The third-order valence-corrected chi connectivity index (χ3v) is 2.97. The second kappa shape index (κ2) is 3.26.